The molecule has 0 saturated heterocycles. The fraction of sp³-hybridized carbons (Fsp3) is 0.429. The lowest BCUT2D eigenvalue weighted by Crippen LogP contribution is -2.29. The molecule has 0 unspecified atom stereocenters. The van der Waals surface area contributed by atoms with Gasteiger partial charge in [-0.3, -0.25) is 9.59 Å². The zero-order valence-corrected chi connectivity index (χ0v) is 12.3. The van der Waals surface area contributed by atoms with Gasteiger partial charge in [-0.25, -0.2) is 0 Å². The number of carbonyl (C=O) groups is 2. The van der Waals surface area contributed by atoms with Crippen LogP contribution >= 0.6 is 12.4 Å². The first-order valence-corrected chi connectivity index (χ1v) is 6.78. The van der Waals surface area contributed by atoms with Gasteiger partial charge in [0.2, 0.25) is 5.91 Å². The molecule has 0 radical (unpaired) electrons. The van der Waals surface area contributed by atoms with Gasteiger partial charge in [0.1, 0.15) is 5.75 Å². The number of nitrogens with one attached hydrogen (secondary N) is 3. The number of anilines is 2. The number of ether oxygens (including phenoxy) is 1. The molecular weight excluding hydrogens is 294 g/mol. The van der Waals surface area contributed by atoms with Crippen LogP contribution in [0.5, 0.6) is 5.75 Å². The summed E-state index contributed by atoms with van der Waals surface area (Å²) in [6.07, 6.45) is 2.53. The van der Waals surface area contributed by atoms with Crippen LogP contribution in [-0.4, -0.2) is 31.5 Å². The normalized spacial score (nSPS) is 16.1. The summed E-state index contributed by atoms with van der Waals surface area (Å²) in [5, 5.41) is 8.64. The molecule has 0 bridgehead atoms. The van der Waals surface area contributed by atoms with E-state index in [2.05, 4.69) is 16.0 Å². The molecule has 1 heterocycles. The highest BCUT2D eigenvalue weighted by Gasteiger charge is 2.20. The number of halogens is 1. The maximum atomic E-state index is 11.8. The van der Waals surface area contributed by atoms with Crippen molar-refractivity contribution >= 4 is 35.6 Å². The van der Waals surface area contributed by atoms with Crippen molar-refractivity contribution in [1.82, 2.24) is 5.32 Å². The van der Waals surface area contributed by atoms with Crippen LogP contribution < -0.4 is 20.7 Å². The van der Waals surface area contributed by atoms with Gasteiger partial charge in [0.15, 0.2) is 6.61 Å². The molecule has 3 rings (SSSR count). The zero-order chi connectivity index (χ0) is 13.9. The fourth-order valence-electron chi connectivity index (χ4n) is 2.07. The van der Waals surface area contributed by atoms with Crippen LogP contribution in [0.1, 0.15) is 12.8 Å². The lowest BCUT2D eigenvalue weighted by Gasteiger charge is -2.18. The van der Waals surface area contributed by atoms with Gasteiger partial charge in [0.25, 0.3) is 5.91 Å². The summed E-state index contributed by atoms with van der Waals surface area (Å²) >= 11 is 0. The summed E-state index contributed by atoms with van der Waals surface area (Å²) in [5.41, 5.74) is 1.30. The van der Waals surface area contributed by atoms with Crippen LogP contribution in [0, 0.1) is 5.92 Å². The average molecular weight is 312 g/mol. The van der Waals surface area contributed by atoms with Gasteiger partial charge in [-0.1, -0.05) is 0 Å². The van der Waals surface area contributed by atoms with Gasteiger partial charge in [0, 0.05) is 11.8 Å². The molecule has 1 aromatic carbocycles. The van der Waals surface area contributed by atoms with Crippen molar-refractivity contribution in [3.05, 3.63) is 18.2 Å². The Labute approximate surface area is 129 Å². The molecule has 1 saturated carbocycles. The summed E-state index contributed by atoms with van der Waals surface area (Å²) in [5.74, 6) is 1.08. The maximum absolute atomic E-state index is 11.8. The van der Waals surface area contributed by atoms with Gasteiger partial charge in [0.05, 0.1) is 12.2 Å². The van der Waals surface area contributed by atoms with Crippen LogP contribution in [0.15, 0.2) is 18.2 Å². The Morgan fingerprint density at radius 2 is 2.19 bits per heavy atom. The van der Waals surface area contributed by atoms with Crippen LogP contribution in [0.2, 0.25) is 0 Å². The largest absolute Gasteiger partial charge is 0.482 e. The lowest BCUT2D eigenvalue weighted by molar-refractivity contribution is -0.118. The van der Waals surface area contributed by atoms with Crippen LogP contribution in [0.25, 0.3) is 0 Å². The first kappa shape index (κ1) is 15.6. The SMILES string of the molecule is Cl.O=C(CNCC1CC1)Nc1ccc2c(c1)OCC(=O)N2. The summed E-state index contributed by atoms with van der Waals surface area (Å²) in [4.78, 5) is 22.9. The van der Waals surface area contributed by atoms with E-state index in [1.807, 2.05) is 0 Å². The van der Waals surface area contributed by atoms with E-state index in [0.717, 1.165) is 12.5 Å². The minimum absolute atomic E-state index is 0. The highest BCUT2D eigenvalue weighted by atomic mass is 35.5. The van der Waals surface area contributed by atoms with Gasteiger partial charge >= 0.3 is 0 Å². The third-order valence-electron chi connectivity index (χ3n) is 3.31. The number of rotatable bonds is 5. The Kier molecular flexibility index (Phi) is 5.03. The van der Waals surface area contributed by atoms with Gasteiger partial charge in [-0.15, -0.1) is 12.4 Å². The highest BCUT2D eigenvalue weighted by molar-refractivity contribution is 5.97. The standard InChI is InChI=1S/C14H17N3O3.ClH/c18-13(7-15-6-9-1-2-9)16-10-3-4-11-12(5-10)20-8-14(19)17-11;/h3-5,9,15H,1-2,6-8H2,(H,16,18)(H,17,19);1H. The topological polar surface area (TPSA) is 79.5 Å². The van der Waals surface area contributed by atoms with E-state index in [4.69, 9.17) is 4.74 Å². The Bertz CT molecular complexity index is 546. The smallest absolute Gasteiger partial charge is 0.262 e. The van der Waals surface area contributed by atoms with Gasteiger partial charge in [-0.05, 0) is 37.4 Å². The number of fused-ring (bicyclic) bond motifs is 1. The summed E-state index contributed by atoms with van der Waals surface area (Å²) < 4.78 is 5.30. The van der Waals surface area contributed by atoms with E-state index >= 15 is 0 Å². The van der Waals surface area contributed by atoms with Crippen molar-refractivity contribution in [2.75, 3.05) is 30.3 Å². The Balaban J connectivity index is 0.00000161. The lowest BCUT2D eigenvalue weighted by atomic mass is 10.2. The van der Waals surface area contributed by atoms with Crippen LogP contribution in [0.3, 0.4) is 0 Å². The average Bonchev–Trinajstić information content (AvgIpc) is 3.23. The van der Waals surface area contributed by atoms with Crippen molar-refractivity contribution in [3.8, 4) is 5.75 Å². The van der Waals surface area contributed by atoms with Crippen molar-refractivity contribution in [2.24, 2.45) is 5.92 Å². The zero-order valence-electron chi connectivity index (χ0n) is 11.5. The molecule has 1 aliphatic heterocycles. The second kappa shape index (κ2) is 6.78. The number of hydrogen-bond donors (Lipinski definition) is 3. The van der Waals surface area contributed by atoms with Crippen LogP contribution in [-0.2, 0) is 9.59 Å². The third kappa shape index (κ3) is 4.34. The van der Waals surface area contributed by atoms with Crippen molar-refractivity contribution < 1.29 is 14.3 Å². The van der Waals surface area contributed by atoms with E-state index < -0.39 is 0 Å². The molecule has 0 aromatic heterocycles. The van der Waals surface area contributed by atoms with E-state index in [-0.39, 0.29) is 30.8 Å². The molecular formula is C14H18ClN3O3. The molecule has 1 fully saturated rings. The van der Waals surface area contributed by atoms with Gasteiger partial charge in [-0.2, -0.15) is 0 Å². The monoisotopic (exact) mass is 311 g/mol. The summed E-state index contributed by atoms with van der Waals surface area (Å²) in [6.45, 7) is 1.23. The Morgan fingerprint density at radius 3 is 2.95 bits per heavy atom. The fourth-order valence-corrected chi connectivity index (χ4v) is 2.07. The van der Waals surface area contributed by atoms with Crippen molar-refractivity contribution in [2.45, 2.75) is 12.8 Å². The quantitative estimate of drug-likeness (QED) is 0.767. The first-order valence-electron chi connectivity index (χ1n) is 6.78. The van der Waals surface area contributed by atoms with E-state index in [0.29, 0.717) is 23.7 Å². The second-order valence-electron chi connectivity index (χ2n) is 5.17. The predicted molar refractivity (Wildman–Crippen MR) is 82.0 cm³/mol. The summed E-state index contributed by atoms with van der Waals surface area (Å²) in [6, 6.07) is 5.18. The number of amides is 2. The van der Waals surface area contributed by atoms with Gasteiger partial charge < -0.3 is 20.7 Å². The third-order valence-corrected chi connectivity index (χ3v) is 3.31. The highest BCUT2D eigenvalue weighted by Crippen LogP contribution is 2.30. The maximum Gasteiger partial charge on any atom is 0.262 e. The first-order chi connectivity index (χ1) is 9.70. The van der Waals surface area contributed by atoms with E-state index in [1.165, 1.54) is 12.8 Å². The molecule has 2 amide bonds. The Hall–Kier alpha value is -1.79. The molecule has 1 aliphatic carbocycles. The van der Waals surface area contributed by atoms with Crippen molar-refractivity contribution in [3.63, 3.8) is 0 Å². The van der Waals surface area contributed by atoms with E-state index in [1.54, 1.807) is 18.2 Å². The predicted octanol–water partition coefficient (Wildman–Crippen LogP) is 1.38. The Morgan fingerprint density at radius 1 is 1.38 bits per heavy atom. The second-order valence-corrected chi connectivity index (χ2v) is 5.17. The minimum atomic E-state index is -0.168. The molecule has 6 nitrogen and oxygen atoms in total. The number of benzene rings is 1. The molecule has 3 N–H and O–H groups in total. The summed E-state index contributed by atoms with van der Waals surface area (Å²) in [7, 11) is 0. The molecule has 7 heteroatoms. The number of hydrogen-bond acceptors (Lipinski definition) is 4. The molecule has 0 spiro atoms. The molecule has 2 aliphatic rings. The number of carbonyl (C=O) groups excluding carboxylic acids is 2. The minimum Gasteiger partial charge on any atom is -0.482 e. The van der Waals surface area contributed by atoms with E-state index in [9.17, 15) is 9.59 Å². The molecule has 21 heavy (non-hydrogen) atoms. The molecule has 1 aromatic rings. The molecule has 114 valence electrons. The molecule has 0 atom stereocenters. The van der Waals surface area contributed by atoms with Crippen LogP contribution in [0.4, 0.5) is 11.4 Å². The van der Waals surface area contributed by atoms with Crippen molar-refractivity contribution in [1.29, 1.82) is 0 Å².